The molecule has 4 heterocycles. The van der Waals surface area contributed by atoms with Crippen LogP contribution in [0.4, 0.5) is 14.5 Å². The van der Waals surface area contributed by atoms with Crippen LogP contribution in [0.1, 0.15) is 40.4 Å². The average molecular weight is 544 g/mol. The highest BCUT2D eigenvalue weighted by atomic mass is 19.1. The van der Waals surface area contributed by atoms with E-state index in [1.165, 1.54) is 42.1 Å². The minimum Gasteiger partial charge on any atom is -0.481 e. The second-order valence-corrected chi connectivity index (χ2v) is 9.50. The van der Waals surface area contributed by atoms with Gasteiger partial charge in [0.15, 0.2) is 17.3 Å². The number of benzene rings is 1. The highest BCUT2D eigenvalue weighted by molar-refractivity contribution is 6.04. The maximum atomic E-state index is 14.9. The van der Waals surface area contributed by atoms with E-state index in [4.69, 9.17) is 9.47 Å². The van der Waals surface area contributed by atoms with E-state index >= 15 is 0 Å². The van der Waals surface area contributed by atoms with Crippen LogP contribution in [0, 0.1) is 18.6 Å². The lowest BCUT2D eigenvalue weighted by molar-refractivity contribution is 0.102. The number of fused-ring (bicyclic) bond motifs is 1. The van der Waals surface area contributed by atoms with Crippen LogP contribution >= 0.6 is 0 Å². The number of methoxy groups -OCH3 is 1. The molecule has 1 fully saturated rings. The molecule has 40 heavy (non-hydrogen) atoms. The summed E-state index contributed by atoms with van der Waals surface area (Å²) >= 11 is 0. The third-order valence-electron chi connectivity index (χ3n) is 6.73. The van der Waals surface area contributed by atoms with Crippen molar-refractivity contribution in [2.24, 2.45) is 0 Å². The summed E-state index contributed by atoms with van der Waals surface area (Å²) in [6.45, 7) is 1.84. The van der Waals surface area contributed by atoms with Gasteiger partial charge in [0.1, 0.15) is 17.0 Å². The van der Waals surface area contributed by atoms with E-state index < -0.39 is 23.1 Å². The number of hydrogen-bond donors (Lipinski definition) is 2. The number of rotatable bonds is 7. The lowest BCUT2D eigenvalue weighted by Gasteiger charge is -2.16. The summed E-state index contributed by atoms with van der Waals surface area (Å²) in [6.07, 6.45) is 5.96. The topological polar surface area (TPSA) is 111 Å². The van der Waals surface area contributed by atoms with E-state index in [1.54, 1.807) is 18.3 Å². The Labute approximate surface area is 226 Å². The molecule has 1 aliphatic rings. The number of H-pyrrole nitrogens is 1. The van der Waals surface area contributed by atoms with E-state index in [0.717, 1.165) is 36.4 Å². The van der Waals surface area contributed by atoms with Crippen LogP contribution in [-0.4, -0.2) is 32.5 Å². The van der Waals surface area contributed by atoms with E-state index in [0.29, 0.717) is 22.6 Å². The zero-order valence-corrected chi connectivity index (χ0v) is 21.5. The normalized spacial score (nSPS) is 12.9. The largest absolute Gasteiger partial charge is 0.481 e. The quantitative estimate of drug-likeness (QED) is 0.275. The third kappa shape index (κ3) is 4.66. The third-order valence-corrected chi connectivity index (χ3v) is 6.73. The standard InChI is InChI=1S/C29H23F2N5O4/c1-15-9-26(39-2)32-13-23(15)36-22(16-3-4-16)7-6-19(29(36)38)28(37)35-18-5-8-24(21(31)11-18)40-25-14-34-27-20(25)10-17(30)12-33-27/h5-14,16H,3-4H2,1-2H3,(H,33,34)(H,35,37). The molecule has 1 aromatic carbocycles. The molecular weight excluding hydrogens is 520 g/mol. The number of hydrogen-bond acceptors (Lipinski definition) is 6. The maximum Gasteiger partial charge on any atom is 0.268 e. The maximum absolute atomic E-state index is 14.9. The van der Waals surface area contributed by atoms with Gasteiger partial charge in [0.25, 0.3) is 11.5 Å². The molecule has 0 aliphatic heterocycles. The number of nitrogens with zero attached hydrogens (tertiary/aromatic N) is 3. The number of ether oxygens (including phenoxy) is 2. The summed E-state index contributed by atoms with van der Waals surface area (Å²) in [5.74, 6) is -1.32. The molecule has 1 saturated carbocycles. The molecule has 6 rings (SSSR count). The second-order valence-electron chi connectivity index (χ2n) is 9.50. The Bertz CT molecular complexity index is 1840. The molecule has 1 aliphatic carbocycles. The van der Waals surface area contributed by atoms with Crippen molar-refractivity contribution in [3.8, 4) is 23.1 Å². The monoisotopic (exact) mass is 543 g/mol. The van der Waals surface area contributed by atoms with Crippen LogP contribution in [0.5, 0.6) is 17.4 Å². The highest BCUT2D eigenvalue weighted by Gasteiger charge is 2.29. The number of nitrogens with one attached hydrogen (secondary N) is 2. The number of aromatic nitrogens is 4. The fourth-order valence-corrected chi connectivity index (χ4v) is 4.56. The Morgan fingerprint density at radius 2 is 1.90 bits per heavy atom. The molecule has 9 nitrogen and oxygen atoms in total. The number of halogens is 2. The minimum atomic E-state index is -0.766. The van der Waals surface area contributed by atoms with Crippen LogP contribution < -0.4 is 20.3 Å². The molecule has 0 unspecified atom stereocenters. The lowest BCUT2D eigenvalue weighted by Crippen LogP contribution is -2.30. The summed E-state index contributed by atoms with van der Waals surface area (Å²) < 4.78 is 40.9. The van der Waals surface area contributed by atoms with Gasteiger partial charge in [-0.25, -0.2) is 18.7 Å². The molecule has 0 radical (unpaired) electrons. The Kier molecular flexibility index (Phi) is 6.25. The Balaban J connectivity index is 1.27. The van der Waals surface area contributed by atoms with Gasteiger partial charge in [0.05, 0.1) is 30.6 Å². The highest BCUT2D eigenvalue weighted by Crippen LogP contribution is 2.40. The molecule has 5 aromatic rings. The van der Waals surface area contributed by atoms with Crippen LogP contribution in [-0.2, 0) is 0 Å². The first-order valence-electron chi connectivity index (χ1n) is 12.5. The molecule has 0 bridgehead atoms. The Morgan fingerprint density at radius 1 is 1.07 bits per heavy atom. The molecule has 4 aromatic heterocycles. The van der Waals surface area contributed by atoms with E-state index in [2.05, 4.69) is 20.3 Å². The number of pyridine rings is 3. The number of aryl methyl sites for hydroxylation is 1. The average Bonchev–Trinajstić information content (AvgIpc) is 3.71. The van der Waals surface area contributed by atoms with Gasteiger partial charge in [0.2, 0.25) is 5.88 Å². The van der Waals surface area contributed by atoms with E-state index in [1.807, 2.05) is 6.92 Å². The molecule has 0 spiro atoms. The number of carbonyl (C=O) groups is 1. The van der Waals surface area contributed by atoms with Gasteiger partial charge >= 0.3 is 0 Å². The lowest BCUT2D eigenvalue weighted by atomic mass is 10.1. The van der Waals surface area contributed by atoms with E-state index in [-0.39, 0.29) is 28.7 Å². The first-order valence-corrected chi connectivity index (χ1v) is 12.5. The van der Waals surface area contributed by atoms with Gasteiger partial charge in [-0.3, -0.25) is 14.2 Å². The molecule has 202 valence electrons. The molecule has 11 heteroatoms. The van der Waals surface area contributed by atoms with Crippen molar-refractivity contribution < 1.29 is 23.0 Å². The smallest absolute Gasteiger partial charge is 0.268 e. The summed E-state index contributed by atoms with van der Waals surface area (Å²) in [5, 5.41) is 2.94. The van der Waals surface area contributed by atoms with Crippen LogP contribution in [0.2, 0.25) is 0 Å². The van der Waals surface area contributed by atoms with Gasteiger partial charge in [-0.2, -0.15) is 0 Å². The summed E-state index contributed by atoms with van der Waals surface area (Å²) in [4.78, 5) is 37.8. The minimum absolute atomic E-state index is 0.103. The Hall–Kier alpha value is -5.06. The number of aromatic amines is 1. The van der Waals surface area contributed by atoms with Crippen molar-refractivity contribution in [1.29, 1.82) is 0 Å². The second kappa shape index (κ2) is 9.92. The number of carbonyl (C=O) groups excluding carboxylic acids is 1. The Morgan fingerprint density at radius 3 is 2.62 bits per heavy atom. The van der Waals surface area contributed by atoms with Crippen molar-refractivity contribution in [3.05, 3.63) is 99.9 Å². The van der Waals surface area contributed by atoms with Gasteiger partial charge in [0, 0.05) is 29.7 Å². The van der Waals surface area contributed by atoms with Crippen molar-refractivity contribution >= 4 is 22.6 Å². The predicted molar refractivity (Wildman–Crippen MR) is 144 cm³/mol. The van der Waals surface area contributed by atoms with Crippen LogP contribution in [0.3, 0.4) is 0 Å². The zero-order valence-electron chi connectivity index (χ0n) is 21.5. The predicted octanol–water partition coefficient (Wildman–Crippen LogP) is 5.63. The molecular formula is C29H23F2N5O4. The van der Waals surface area contributed by atoms with Gasteiger partial charge in [-0.1, -0.05) is 0 Å². The first-order chi connectivity index (χ1) is 19.3. The van der Waals surface area contributed by atoms with Gasteiger partial charge < -0.3 is 19.8 Å². The number of anilines is 1. The summed E-state index contributed by atoms with van der Waals surface area (Å²) in [5.41, 5.74) is 2.03. The van der Waals surface area contributed by atoms with Crippen molar-refractivity contribution in [2.75, 3.05) is 12.4 Å². The van der Waals surface area contributed by atoms with E-state index in [9.17, 15) is 18.4 Å². The zero-order chi connectivity index (χ0) is 28.0. The SMILES string of the molecule is COc1cc(C)c(-n2c(C3CC3)ccc(C(=O)Nc3ccc(Oc4c[nH]c5ncc(F)cc45)c(F)c3)c2=O)cn1. The van der Waals surface area contributed by atoms with Crippen molar-refractivity contribution in [3.63, 3.8) is 0 Å². The van der Waals surface area contributed by atoms with Crippen molar-refractivity contribution in [1.82, 2.24) is 19.5 Å². The summed E-state index contributed by atoms with van der Waals surface area (Å²) in [6, 6.07) is 10.1. The molecule has 1 amide bonds. The summed E-state index contributed by atoms with van der Waals surface area (Å²) in [7, 11) is 1.51. The van der Waals surface area contributed by atoms with Crippen molar-refractivity contribution in [2.45, 2.75) is 25.7 Å². The fraction of sp³-hybridized carbons (Fsp3) is 0.172. The molecule has 0 atom stereocenters. The van der Waals surface area contributed by atoms with Crippen LogP contribution in [0.15, 0.2) is 65.8 Å². The fourth-order valence-electron chi connectivity index (χ4n) is 4.56. The van der Waals surface area contributed by atoms with Gasteiger partial charge in [-0.15, -0.1) is 0 Å². The van der Waals surface area contributed by atoms with Gasteiger partial charge in [-0.05, 0) is 61.6 Å². The van der Waals surface area contributed by atoms with Crippen LogP contribution in [0.25, 0.3) is 16.7 Å². The molecule has 0 saturated heterocycles. The molecule has 2 N–H and O–H groups in total. The number of amides is 1. The first kappa shape index (κ1) is 25.2.